The first-order valence-electron chi connectivity index (χ1n) is 13.8. The largest absolute Gasteiger partial charge is 0.508 e. The SMILES string of the molecule is CCCCCCCCOC(=O)c1ccccc1C(=O)OCCCCCCCC.COc1cccc(O)c1. The van der Waals surface area contributed by atoms with E-state index in [1.54, 1.807) is 55.6 Å². The molecule has 2 aromatic rings. The van der Waals surface area contributed by atoms with Crippen molar-refractivity contribution < 1.29 is 28.9 Å². The predicted octanol–water partition coefficient (Wildman–Crippen LogP) is 8.12. The van der Waals surface area contributed by atoms with Crippen LogP contribution in [0, 0.1) is 0 Å². The van der Waals surface area contributed by atoms with Crippen molar-refractivity contribution in [2.45, 2.75) is 90.9 Å². The Kier molecular flexibility index (Phi) is 18.3. The summed E-state index contributed by atoms with van der Waals surface area (Å²) < 4.78 is 15.6. The Balaban J connectivity index is 0.000000635. The third-order valence-electron chi connectivity index (χ3n) is 5.88. The Morgan fingerprint density at radius 3 is 1.51 bits per heavy atom. The third-order valence-corrected chi connectivity index (χ3v) is 5.88. The molecule has 0 unspecified atom stereocenters. The molecule has 0 aliphatic heterocycles. The first-order chi connectivity index (χ1) is 18.0. The summed E-state index contributed by atoms with van der Waals surface area (Å²) in [5.41, 5.74) is 0.586. The molecule has 206 valence electrons. The first kappa shape index (κ1) is 32.0. The van der Waals surface area contributed by atoms with E-state index >= 15 is 0 Å². The summed E-state index contributed by atoms with van der Waals surface area (Å²) in [5, 5.41) is 8.86. The van der Waals surface area contributed by atoms with Crippen molar-refractivity contribution in [2.24, 2.45) is 0 Å². The van der Waals surface area contributed by atoms with Gasteiger partial charge in [0.05, 0.1) is 31.5 Å². The highest BCUT2D eigenvalue weighted by atomic mass is 16.5. The third kappa shape index (κ3) is 15.0. The number of ether oxygens (including phenoxy) is 3. The van der Waals surface area contributed by atoms with Crippen LogP contribution in [0.15, 0.2) is 48.5 Å². The molecule has 0 spiro atoms. The summed E-state index contributed by atoms with van der Waals surface area (Å²) in [6.45, 7) is 5.17. The Morgan fingerprint density at radius 1 is 0.649 bits per heavy atom. The van der Waals surface area contributed by atoms with E-state index < -0.39 is 11.9 Å². The van der Waals surface area contributed by atoms with Gasteiger partial charge in [0.25, 0.3) is 0 Å². The summed E-state index contributed by atoms with van der Waals surface area (Å²) in [6.07, 6.45) is 13.6. The van der Waals surface area contributed by atoms with Crippen molar-refractivity contribution in [1.82, 2.24) is 0 Å². The molecule has 6 nitrogen and oxygen atoms in total. The Labute approximate surface area is 223 Å². The molecule has 1 N–H and O–H groups in total. The lowest BCUT2D eigenvalue weighted by molar-refractivity contribution is 0.0450. The molecular formula is C31H46O6. The smallest absolute Gasteiger partial charge is 0.339 e. The highest BCUT2D eigenvalue weighted by Gasteiger charge is 2.18. The summed E-state index contributed by atoms with van der Waals surface area (Å²) in [6, 6.07) is 13.4. The molecule has 0 radical (unpaired) electrons. The lowest BCUT2D eigenvalue weighted by Gasteiger charge is -2.10. The second-order valence-corrected chi connectivity index (χ2v) is 9.05. The minimum absolute atomic E-state index is 0.231. The van der Waals surface area contributed by atoms with Gasteiger partial charge in [-0.25, -0.2) is 9.59 Å². The van der Waals surface area contributed by atoms with Crippen molar-refractivity contribution in [2.75, 3.05) is 20.3 Å². The van der Waals surface area contributed by atoms with Gasteiger partial charge < -0.3 is 19.3 Å². The number of phenols is 1. The molecule has 0 saturated heterocycles. The number of carbonyl (C=O) groups is 2. The van der Waals surface area contributed by atoms with Gasteiger partial charge in [0.2, 0.25) is 0 Å². The Hall–Kier alpha value is -3.02. The number of rotatable bonds is 17. The maximum absolute atomic E-state index is 12.4. The minimum Gasteiger partial charge on any atom is -0.508 e. The van der Waals surface area contributed by atoms with Gasteiger partial charge in [-0.3, -0.25) is 0 Å². The van der Waals surface area contributed by atoms with Gasteiger partial charge in [-0.1, -0.05) is 96.3 Å². The zero-order valence-corrected chi connectivity index (χ0v) is 23.0. The minimum atomic E-state index is -0.444. The number of methoxy groups -OCH3 is 1. The highest BCUT2D eigenvalue weighted by Crippen LogP contribution is 2.16. The van der Waals surface area contributed by atoms with E-state index in [4.69, 9.17) is 19.3 Å². The quantitative estimate of drug-likeness (QED) is 0.169. The van der Waals surface area contributed by atoms with Crippen LogP contribution in [-0.4, -0.2) is 37.4 Å². The first-order valence-corrected chi connectivity index (χ1v) is 13.8. The lowest BCUT2D eigenvalue weighted by Crippen LogP contribution is -2.15. The number of benzene rings is 2. The fraction of sp³-hybridized carbons (Fsp3) is 0.548. The fourth-order valence-electron chi connectivity index (χ4n) is 3.70. The van der Waals surface area contributed by atoms with E-state index in [9.17, 15) is 9.59 Å². The number of hydrogen-bond donors (Lipinski definition) is 1. The molecule has 0 aliphatic rings. The summed E-state index contributed by atoms with van der Waals surface area (Å²) in [4.78, 5) is 24.7. The van der Waals surface area contributed by atoms with Crippen LogP contribution in [0.4, 0.5) is 0 Å². The Morgan fingerprint density at radius 2 is 1.11 bits per heavy atom. The van der Waals surface area contributed by atoms with Crippen LogP contribution in [0.5, 0.6) is 11.5 Å². The average Bonchev–Trinajstić information content (AvgIpc) is 2.92. The summed E-state index contributed by atoms with van der Waals surface area (Å²) >= 11 is 0. The number of hydrogen-bond acceptors (Lipinski definition) is 6. The molecule has 37 heavy (non-hydrogen) atoms. The standard InChI is InChI=1S/C24H38O4.C7H8O2/c1-3-5-7-9-11-15-19-27-23(25)21-17-13-14-18-22(21)24(26)28-20-16-12-10-8-6-4-2;1-9-7-4-2-3-6(8)5-7/h13-14,17-18H,3-12,15-16,19-20H2,1-2H3;2-5,8H,1H3. The number of esters is 2. The normalized spacial score (nSPS) is 10.2. The van der Waals surface area contributed by atoms with Crippen LogP contribution in [-0.2, 0) is 9.47 Å². The van der Waals surface area contributed by atoms with E-state index in [2.05, 4.69) is 13.8 Å². The predicted molar refractivity (Wildman–Crippen MR) is 148 cm³/mol. The molecule has 2 rings (SSSR count). The fourth-order valence-corrected chi connectivity index (χ4v) is 3.70. The van der Waals surface area contributed by atoms with Gasteiger partial charge in [0.15, 0.2) is 0 Å². The zero-order valence-electron chi connectivity index (χ0n) is 23.0. The van der Waals surface area contributed by atoms with E-state index in [0.717, 1.165) is 25.7 Å². The maximum atomic E-state index is 12.4. The topological polar surface area (TPSA) is 82.1 Å². The van der Waals surface area contributed by atoms with E-state index in [1.165, 1.54) is 51.4 Å². The average molecular weight is 515 g/mol. The highest BCUT2D eigenvalue weighted by molar-refractivity contribution is 6.03. The molecule has 0 fully saturated rings. The summed E-state index contributed by atoms with van der Waals surface area (Å²) in [7, 11) is 1.56. The molecule has 0 bridgehead atoms. The molecule has 0 aromatic heterocycles. The maximum Gasteiger partial charge on any atom is 0.339 e. The zero-order chi connectivity index (χ0) is 27.1. The monoisotopic (exact) mass is 514 g/mol. The second kappa shape index (κ2) is 21.1. The van der Waals surface area contributed by atoms with Crippen LogP contribution in [0.2, 0.25) is 0 Å². The van der Waals surface area contributed by atoms with Crippen molar-refractivity contribution in [3.63, 3.8) is 0 Å². The van der Waals surface area contributed by atoms with Crippen molar-refractivity contribution >= 4 is 11.9 Å². The van der Waals surface area contributed by atoms with Gasteiger partial charge in [-0.05, 0) is 37.1 Å². The van der Waals surface area contributed by atoms with Gasteiger partial charge in [0.1, 0.15) is 11.5 Å². The van der Waals surface area contributed by atoms with Crippen LogP contribution < -0.4 is 4.74 Å². The van der Waals surface area contributed by atoms with Gasteiger partial charge >= 0.3 is 11.9 Å². The lowest BCUT2D eigenvalue weighted by atomic mass is 10.1. The van der Waals surface area contributed by atoms with Crippen LogP contribution in [0.1, 0.15) is 112 Å². The molecule has 2 aromatic carbocycles. The molecule has 0 saturated carbocycles. The van der Waals surface area contributed by atoms with Crippen molar-refractivity contribution in [3.05, 3.63) is 59.7 Å². The van der Waals surface area contributed by atoms with Crippen LogP contribution >= 0.6 is 0 Å². The molecule has 0 amide bonds. The second-order valence-electron chi connectivity index (χ2n) is 9.05. The van der Waals surface area contributed by atoms with E-state index in [1.807, 2.05) is 0 Å². The number of phenolic OH excluding ortho intramolecular Hbond substituents is 1. The van der Waals surface area contributed by atoms with Crippen molar-refractivity contribution in [1.29, 1.82) is 0 Å². The molecular weight excluding hydrogens is 468 g/mol. The number of unbranched alkanes of at least 4 members (excludes halogenated alkanes) is 10. The van der Waals surface area contributed by atoms with E-state index in [-0.39, 0.29) is 5.75 Å². The molecule has 0 aliphatic carbocycles. The van der Waals surface area contributed by atoms with Gasteiger partial charge in [-0.15, -0.1) is 0 Å². The Bertz CT molecular complexity index is 831. The number of carbonyl (C=O) groups excluding carboxylic acids is 2. The van der Waals surface area contributed by atoms with Gasteiger partial charge in [-0.2, -0.15) is 0 Å². The number of aromatic hydroxyl groups is 1. The molecule has 6 heteroatoms. The summed E-state index contributed by atoms with van der Waals surface area (Å²) in [5.74, 6) is 0.0192. The van der Waals surface area contributed by atoms with Crippen LogP contribution in [0.3, 0.4) is 0 Å². The van der Waals surface area contributed by atoms with Gasteiger partial charge in [0, 0.05) is 6.07 Å². The van der Waals surface area contributed by atoms with Crippen molar-refractivity contribution in [3.8, 4) is 11.5 Å². The van der Waals surface area contributed by atoms with E-state index in [0.29, 0.717) is 30.1 Å². The molecule has 0 atom stereocenters. The van der Waals surface area contributed by atoms with Crippen LogP contribution in [0.25, 0.3) is 0 Å². The molecule has 0 heterocycles.